The highest BCUT2D eigenvalue weighted by Crippen LogP contribution is 2.09. The van der Waals surface area contributed by atoms with Crippen LogP contribution in [0.3, 0.4) is 0 Å². The zero-order valence-electron chi connectivity index (χ0n) is 9.38. The molecule has 1 unspecified atom stereocenters. The minimum Gasteiger partial charge on any atom is -0.364 e. The molecule has 2 rings (SSSR count). The summed E-state index contributed by atoms with van der Waals surface area (Å²) in [5.74, 6) is 1.29. The van der Waals surface area contributed by atoms with E-state index < -0.39 is 0 Å². The summed E-state index contributed by atoms with van der Waals surface area (Å²) >= 11 is 5.96. The van der Waals surface area contributed by atoms with Crippen LogP contribution in [0.5, 0.6) is 0 Å². The number of hydrogen-bond donors (Lipinski definition) is 1. The molecule has 0 saturated carbocycles. The van der Waals surface area contributed by atoms with E-state index >= 15 is 0 Å². The van der Waals surface area contributed by atoms with Gasteiger partial charge in [0.2, 0.25) is 0 Å². The topological polar surface area (TPSA) is 37.8 Å². The fourth-order valence-electron chi connectivity index (χ4n) is 1.63. The Bertz CT molecular complexity index is 391. The molecule has 0 aliphatic heterocycles. The van der Waals surface area contributed by atoms with Crippen LogP contribution in [0.15, 0.2) is 48.7 Å². The molecule has 0 fully saturated rings. The maximum atomic E-state index is 5.96. The van der Waals surface area contributed by atoms with Gasteiger partial charge in [0.15, 0.2) is 0 Å². The van der Waals surface area contributed by atoms with E-state index in [-0.39, 0.29) is 6.04 Å². The second kappa shape index (κ2) is 6.21. The van der Waals surface area contributed by atoms with Crippen molar-refractivity contribution in [2.75, 3.05) is 11.2 Å². The van der Waals surface area contributed by atoms with E-state index in [4.69, 9.17) is 11.6 Å². The third-order valence-electron chi connectivity index (χ3n) is 2.44. The van der Waals surface area contributed by atoms with Gasteiger partial charge >= 0.3 is 0 Å². The van der Waals surface area contributed by atoms with E-state index in [9.17, 15) is 0 Å². The van der Waals surface area contributed by atoms with Gasteiger partial charge in [0.1, 0.15) is 5.82 Å². The van der Waals surface area contributed by atoms with Crippen LogP contribution in [0.2, 0.25) is 0 Å². The van der Waals surface area contributed by atoms with Crippen LogP contribution < -0.4 is 5.32 Å². The van der Waals surface area contributed by atoms with Gasteiger partial charge in [-0.05, 0) is 24.1 Å². The average Bonchev–Trinajstić information content (AvgIpc) is 2.40. The number of halogens is 1. The first-order valence-electron chi connectivity index (χ1n) is 5.52. The van der Waals surface area contributed by atoms with Gasteiger partial charge in [-0.1, -0.05) is 30.3 Å². The van der Waals surface area contributed by atoms with Crippen LogP contribution in [0, 0.1) is 0 Å². The van der Waals surface area contributed by atoms with Crippen molar-refractivity contribution in [3.63, 3.8) is 0 Å². The summed E-state index contributed by atoms with van der Waals surface area (Å²) in [7, 11) is 0. The molecule has 4 heteroatoms. The van der Waals surface area contributed by atoms with Crippen molar-refractivity contribution in [3.8, 4) is 0 Å². The first-order valence-corrected chi connectivity index (χ1v) is 6.06. The van der Waals surface area contributed by atoms with E-state index in [1.165, 1.54) is 5.56 Å². The predicted octanol–water partition coefficient (Wildman–Crippen LogP) is 2.74. The zero-order chi connectivity index (χ0) is 11.9. The first kappa shape index (κ1) is 11.9. The largest absolute Gasteiger partial charge is 0.364 e. The van der Waals surface area contributed by atoms with Crippen molar-refractivity contribution < 1.29 is 0 Å². The molecule has 0 radical (unpaired) electrons. The van der Waals surface area contributed by atoms with Gasteiger partial charge < -0.3 is 5.32 Å². The Morgan fingerprint density at radius 2 is 1.94 bits per heavy atom. The van der Waals surface area contributed by atoms with Gasteiger partial charge in [-0.2, -0.15) is 5.10 Å². The fraction of sp³-hybridized carbons (Fsp3) is 0.231. The van der Waals surface area contributed by atoms with E-state index in [1.807, 2.05) is 30.3 Å². The zero-order valence-corrected chi connectivity index (χ0v) is 10.1. The Balaban J connectivity index is 1.98. The predicted molar refractivity (Wildman–Crippen MR) is 70.3 cm³/mol. The molecule has 88 valence electrons. The number of nitrogens with one attached hydrogen (secondary N) is 1. The molecular weight excluding hydrogens is 234 g/mol. The lowest BCUT2D eigenvalue weighted by atomic mass is 10.1. The van der Waals surface area contributed by atoms with Crippen LogP contribution >= 0.6 is 11.6 Å². The summed E-state index contributed by atoms with van der Waals surface area (Å²) < 4.78 is 0. The molecule has 1 heterocycles. The first-order chi connectivity index (χ1) is 8.38. The van der Waals surface area contributed by atoms with Crippen molar-refractivity contribution in [2.24, 2.45) is 0 Å². The minimum absolute atomic E-state index is 0.163. The molecule has 17 heavy (non-hydrogen) atoms. The number of benzene rings is 1. The van der Waals surface area contributed by atoms with E-state index in [1.54, 1.807) is 6.20 Å². The van der Waals surface area contributed by atoms with Gasteiger partial charge in [0.05, 0.1) is 0 Å². The summed E-state index contributed by atoms with van der Waals surface area (Å²) in [5, 5.41) is 11.1. The Kier molecular flexibility index (Phi) is 4.33. The maximum absolute atomic E-state index is 5.96. The summed E-state index contributed by atoms with van der Waals surface area (Å²) in [6, 6.07) is 14.2. The lowest BCUT2D eigenvalue weighted by Crippen LogP contribution is -2.24. The van der Waals surface area contributed by atoms with Gasteiger partial charge in [-0.15, -0.1) is 16.7 Å². The van der Waals surface area contributed by atoms with Crippen molar-refractivity contribution in [1.82, 2.24) is 10.2 Å². The fourth-order valence-corrected chi connectivity index (χ4v) is 1.82. The van der Waals surface area contributed by atoms with Crippen molar-refractivity contribution >= 4 is 17.4 Å². The maximum Gasteiger partial charge on any atom is 0.148 e. The molecule has 3 nitrogen and oxygen atoms in total. The third kappa shape index (κ3) is 3.71. The second-order valence-electron chi connectivity index (χ2n) is 3.79. The molecule has 0 aliphatic carbocycles. The Morgan fingerprint density at radius 3 is 2.59 bits per heavy atom. The normalized spacial score (nSPS) is 12.1. The van der Waals surface area contributed by atoms with Gasteiger partial charge in [0.25, 0.3) is 0 Å². The molecule has 0 saturated heterocycles. The average molecular weight is 248 g/mol. The number of hydrogen-bond acceptors (Lipinski definition) is 3. The van der Waals surface area contributed by atoms with Crippen LogP contribution in [-0.2, 0) is 6.42 Å². The quantitative estimate of drug-likeness (QED) is 0.826. The summed E-state index contributed by atoms with van der Waals surface area (Å²) in [5.41, 5.74) is 1.26. The number of alkyl halides is 1. The van der Waals surface area contributed by atoms with Gasteiger partial charge in [-0.25, -0.2) is 0 Å². The Hall–Kier alpha value is -1.61. The van der Waals surface area contributed by atoms with Gasteiger partial charge in [0, 0.05) is 18.1 Å². The van der Waals surface area contributed by atoms with Crippen LogP contribution in [-0.4, -0.2) is 22.1 Å². The minimum atomic E-state index is 0.163. The number of anilines is 1. The van der Waals surface area contributed by atoms with Crippen LogP contribution in [0.4, 0.5) is 5.82 Å². The molecule has 1 aromatic carbocycles. The van der Waals surface area contributed by atoms with Crippen molar-refractivity contribution in [3.05, 3.63) is 54.2 Å². The lowest BCUT2D eigenvalue weighted by molar-refractivity contribution is 0.785. The Labute approximate surface area is 106 Å². The number of aromatic nitrogens is 2. The monoisotopic (exact) mass is 247 g/mol. The highest BCUT2D eigenvalue weighted by atomic mass is 35.5. The van der Waals surface area contributed by atoms with E-state index in [0.29, 0.717) is 5.88 Å². The van der Waals surface area contributed by atoms with Gasteiger partial charge in [-0.3, -0.25) is 0 Å². The summed E-state index contributed by atoms with van der Waals surface area (Å²) in [6.45, 7) is 0. The lowest BCUT2D eigenvalue weighted by Gasteiger charge is -2.16. The van der Waals surface area contributed by atoms with Crippen molar-refractivity contribution in [2.45, 2.75) is 12.5 Å². The molecule has 1 atom stereocenters. The summed E-state index contributed by atoms with van der Waals surface area (Å²) in [4.78, 5) is 0. The molecule has 1 aromatic heterocycles. The van der Waals surface area contributed by atoms with E-state index in [0.717, 1.165) is 12.2 Å². The summed E-state index contributed by atoms with van der Waals surface area (Å²) in [6.07, 6.45) is 2.53. The molecule has 0 aliphatic rings. The molecule has 0 spiro atoms. The highest BCUT2D eigenvalue weighted by molar-refractivity contribution is 6.18. The third-order valence-corrected chi connectivity index (χ3v) is 2.81. The van der Waals surface area contributed by atoms with Crippen molar-refractivity contribution in [1.29, 1.82) is 0 Å². The second-order valence-corrected chi connectivity index (χ2v) is 4.10. The molecule has 2 aromatic rings. The molecular formula is C13H14ClN3. The number of rotatable bonds is 5. The molecule has 1 N–H and O–H groups in total. The van der Waals surface area contributed by atoms with Crippen LogP contribution in [0.1, 0.15) is 5.56 Å². The number of nitrogens with zero attached hydrogens (tertiary/aromatic N) is 2. The molecule has 0 amide bonds. The smallest absolute Gasteiger partial charge is 0.148 e. The highest BCUT2D eigenvalue weighted by Gasteiger charge is 2.08. The van der Waals surface area contributed by atoms with E-state index in [2.05, 4.69) is 27.6 Å². The molecule has 0 bridgehead atoms. The Morgan fingerprint density at radius 1 is 1.12 bits per heavy atom. The standard InChI is InChI=1S/C13H14ClN3/c14-10-12(9-11-5-2-1-3-6-11)16-13-7-4-8-15-17-13/h1-8,12H,9-10H2,(H,16,17). The SMILES string of the molecule is ClCC(Cc1ccccc1)Nc1cccnn1. The van der Waals surface area contributed by atoms with Crippen LogP contribution in [0.25, 0.3) is 0 Å².